The first-order valence-electron chi connectivity index (χ1n) is 16.1. The highest BCUT2D eigenvalue weighted by atomic mass is 19.4. The Morgan fingerprint density at radius 3 is 2.14 bits per heavy atom. The summed E-state index contributed by atoms with van der Waals surface area (Å²) >= 11 is 0. The molecule has 6 nitrogen and oxygen atoms in total. The fourth-order valence-electron chi connectivity index (χ4n) is 5.97. The minimum Gasteiger partial charge on any atom is -0.467 e. The molecule has 0 unspecified atom stereocenters. The lowest BCUT2D eigenvalue weighted by atomic mass is 9.91. The number of aromatic nitrogens is 1. The average Bonchev–Trinajstić information content (AvgIpc) is 3.13. The van der Waals surface area contributed by atoms with Crippen molar-refractivity contribution in [2.45, 2.75) is 31.6 Å². The molecular formula is C41H34F3N3O3. The van der Waals surface area contributed by atoms with Crippen molar-refractivity contribution in [3.63, 3.8) is 0 Å². The van der Waals surface area contributed by atoms with Crippen molar-refractivity contribution < 1.29 is 27.5 Å². The Labute approximate surface area is 288 Å². The number of pyridine rings is 1. The van der Waals surface area contributed by atoms with Gasteiger partial charge in [-0.3, -0.25) is 9.78 Å². The maximum Gasteiger partial charge on any atom is 0.418 e. The van der Waals surface area contributed by atoms with Crippen LogP contribution in [0.2, 0.25) is 0 Å². The van der Waals surface area contributed by atoms with Crippen LogP contribution in [0, 0.1) is 0 Å². The smallest absolute Gasteiger partial charge is 0.418 e. The molecular weight excluding hydrogens is 639 g/mol. The van der Waals surface area contributed by atoms with E-state index < -0.39 is 29.7 Å². The molecule has 0 aliphatic heterocycles. The average molecular weight is 674 g/mol. The number of fused-ring (bicyclic) bond motifs is 1. The van der Waals surface area contributed by atoms with E-state index in [1.54, 1.807) is 24.4 Å². The summed E-state index contributed by atoms with van der Waals surface area (Å²) in [4.78, 5) is 29.7. The number of para-hydroxylation sites is 1. The lowest BCUT2D eigenvalue weighted by molar-refractivity contribution is -0.142. The molecule has 2 N–H and O–H groups in total. The van der Waals surface area contributed by atoms with E-state index in [2.05, 4.69) is 15.6 Å². The normalized spacial score (nSPS) is 11.9. The number of rotatable bonds is 11. The van der Waals surface area contributed by atoms with Crippen molar-refractivity contribution in [1.82, 2.24) is 10.3 Å². The van der Waals surface area contributed by atoms with Crippen LogP contribution in [-0.4, -0.2) is 30.0 Å². The molecule has 50 heavy (non-hydrogen) atoms. The Bertz CT molecular complexity index is 2100. The molecule has 1 amide bonds. The Hall–Kier alpha value is -5.96. The van der Waals surface area contributed by atoms with Gasteiger partial charge in [0.25, 0.3) is 5.91 Å². The lowest BCUT2D eigenvalue weighted by Crippen LogP contribution is -2.43. The van der Waals surface area contributed by atoms with Gasteiger partial charge in [0.1, 0.15) is 6.04 Å². The minimum atomic E-state index is -4.55. The molecule has 0 saturated heterocycles. The van der Waals surface area contributed by atoms with Crippen LogP contribution in [0.1, 0.15) is 38.2 Å². The summed E-state index contributed by atoms with van der Waals surface area (Å²) in [5.74, 6) is -0.925. The summed E-state index contributed by atoms with van der Waals surface area (Å²) in [7, 11) is 1.29. The first kappa shape index (κ1) is 33.9. The van der Waals surface area contributed by atoms with E-state index >= 15 is 0 Å². The van der Waals surface area contributed by atoms with E-state index in [4.69, 9.17) is 4.74 Å². The van der Waals surface area contributed by atoms with Gasteiger partial charge in [-0.25, -0.2) is 4.79 Å². The number of methoxy groups -OCH3 is 1. The molecule has 0 saturated carbocycles. The molecule has 6 rings (SSSR count). The van der Waals surface area contributed by atoms with Gasteiger partial charge < -0.3 is 15.4 Å². The van der Waals surface area contributed by atoms with Gasteiger partial charge in [0.2, 0.25) is 0 Å². The summed E-state index contributed by atoms with van der Waals surface area (Å²) in [6.07, 6.45) is -2.20. The fraction of sp³-hybridized carbons (Fsp3) is 0.146. The first-order valence-corrected chi connectivity index (χ1v) is 16.1. The highest BCUT2D eigenvalue weighted by Gasteiger charge is 2.33. The summed E-state index contributed by atoms with van der Waals surface area (Å²) in [6, 6.07) is 37.1. The fourth-order valence-corrected chi connectivity index (χ4v) is 5.97. The topological polar surface area (TPSA) is 80.3 Å². The third-order valence-corrected chi connectivity index (χ3v) is 8.46. The van der Waals surface area contributed by atoms with E-state index in [9.17, 15) is 22.8 Å². The molecule has 0 aliphatic rings. The van der Waals surface area contributed by atoms with E-state index in [0.29, 0.717) is 35.9 Å². The maximum absolute atomic E-state index is 14.0. The number of halogens is 3. The number of hydrogen-bond donors (Lipinski definition) is 2. The van der Waals surface area contributed by atoms with Gasteiger partial charge in [0, 0.05) is 35.8 Å². The summed E-state index contributed by atoms with van der Waals surface area (Å²) in [6.45, 7) is 0.427. The molecule has 1 heterocycles. The third kappa shape index (κ3) is 8.01. The third-order valence-electron chi connectivity index (χ3n) is 8.46. The number of nitrogens with zero attached hydrogens (tertiary/aromatic N) is 1. The number of carbonyl (C=O) groups is 2. The van der Waals surface area contributed by atoms with Gasteiger partial charge in [0.15, 0.2) is 0 Å². The summed E-state index contributed by atoms with van der Waals surface area (Å²) in [5.41, 5.74) is 5.38. The van der Waals surface area contributed by atoms with Gasteiger partial charge in [-0.05, 0) is 70.1 Å². The lowest BCUT2D eigenvalue weighted by Gasteiger charge is -2.17. The molecule has 1 atom stereocenters. The van der Waals surface area contributed by atoms with Gasteiger partial charge in [-0.2, -0.15) is 13.2 Å². The van der Waals surface area contributed by atoms with Crippen LogP contribution in [-0.2, 0) is 35.1 Å². The molecule has 252 valence electrons. The second-order valence-corrected chi connectivity index (χ2v) is 11.9. The number of hydrogen-bond acceptors (Lipinski definition) is 5. The molecule has 6 aromatic rings. The monoisotopic (exact) mass is 673 g/mol. The van der Waals surface area contributed by atoms with E-state index in [-0.39, 0.29) is 5.52 Å². The number of esters is 1. The predicted molar refractivity (Wildman–Crippen MR) is 189 cm³/mol. The van der Waals surface area contributed by atoms with Gasteiger partial charge in [-0.1, -0.05) is 97.1 Å². The van der Waals surface area contributed by atoms with Gasteiger partial charge in [-0.15, -0.1) is 0 Å². The standard InChI is InChI=1S/C41H34F3N3O3/c1-50-40(49)36(23-28-12-6-3-7-13-28)47-39(48)30-20-18-29(19-21-30)25-45-33-15-8-14-31(24-33)37-32(22-27-10-4-2-5-11-27)26-46-38-34(37)16-9-17-35(38)41(42,43)44/h2-21,24,26,36,45H,22-23,25H2,1H3,(H,47,48)/t36-/m1/s1. The molecule has 9 heteroatoms. The Kier molecular flexibility index (Phi) is 10.2. The zero-order valence-corrected chi connectivity index (χ0v) is 27.2. The SMILES string of the molecule is COC(=O)[C@@H](Cc1ccccc1)NC(=O)c1ccc(CNc2cccc(-c3c(Cc4ccccc4)cnc4c(C(F)(F)F)cccc34)c2)cc1. The maximum atomic E-state index is 14.0. The van der Waals surface area contributed by atoms with Crippen molar-refractivity contribution >= 4 is 28.5 Å². The molecule has 0 aliphatic carbocycles. The molecule has 0 spiro atoms. The molecule has 5 aromatic carbocycles. The number of benzene rings is 5. The highest BCUT2D eigenvalue weighted by molar-refractivity contribution is 5.98. The highest BCUT2D eigenvalue weighted by Crippen LogP contribution is 2.39. The Balaban J connectivity index is 1.21. The number of carbonyl (C=O) groups excluding carboxylic acids is 2. The number of alkyl halides is 3. The van der Waals surface area contributed by atoms with Gasteiger partial charge >= 0.3 is 12.1 Å². The van der Waals surface area contributed by atoms with E-state index in [1.165, 1.54) is 13.2 Å². The van der Waals surface area contributed by atoms with Crippen molar-refractivity contribution in [2.75, 3.05) is 12.4 Å². The van der Waals surface area contributed by atoms with Crippen LogP contribution in [0.25, 0.3) is 22.0 Å². The number of amides is 1. The van der Waals surface area contributed by atoms with E-state index in [0.717, 1.165) is 39.6 Å². The van der Waals surface area contributed by atoms with Crippen molar-refractivity contribution in [1.29, 1.82) is 0 Å². The Morgan fingerprint density at radius 2 is 1.46 bits per heavy atom. The summed E-state index contributed by atoms with van der Waals surface area (Å²) < 4.78 is 46.9. The largest absolute Gasteiger partial charge is 0.467 e. The second kappa shape index (κ2) is 15.1. The zero-order valence-electron chi connectivity index (χ0n) is 27.2. The van der Waals surface area contributed by atoms with Crippen LogP contribution >= 0.6 is 0 Å². The molecule has 1 aromatic heterocycles. The zero-order chi connectivity index (χ0) is 35.1. The molecule has 0 bridgehead atoms. The predicted octanol–water partition coefficient (Wildman–Crippen LogP) is 8.64. The van der Waals surface area contributed by atoms with Crippen LogP contribution in [0.5, 0.6) is 0 Å². The molecule has 0 fully saturated rings. The quantitative estimate of drug-likeness (QED) is 0.135. The minimum absolute atomic E-state index is 0.0905. The van der Waals surface area contributed by atoms with Crippen LogP contribution < -0.4 is 10.6 Å². The van der Waals surface area contributed by atoms with Gasteiger partial charge in [0.05, 0.1) is 18.2 Å². The van der Waals surface area contributed by atoms with Crippen molar-refractivity contribution in [3.8, 4) is 11.1 Å². The Morgan fingerprint density at radius 1 is 0.780 bits per heavy atom. The molecule has 0 radical (unpaired) electrons. The van der Waals surface area contributed by atoms with Crippen molar-refractivity contribution in [2.24, 2.45) is 0 Å². The number of anilines is 1. The van der Waals surface area contributed by atoms with Crippen LogP contribution in [0.15, 0.2) is 134 Å². The second-order valence-electron chi connectivity index (χ2n) is 11.9. The van der Waals surface area contributed by atoms with Crippen molar-refractivity contribution in [3.05, 3.63) is 167 Å². The number of ether oxygens (including phenoxy) is 1. The number of nitrogens with one attached hydrogen (secondary N) is 2. The van der Waals surface area contributed by atoms with E-state index in [1.807, 2.05) is 97.1 Å². The summed E-state index contributed by atoms with van der Waals surface area (Å²) in [5, 5.41) is 6.61. The van der Waals surface area contributed by atoms with Crippen LogP contribution in [0.3, 0.4) is 0 Å². The first-order chi connectivity index (χ1) is 24.2. The van der Waals surface area contributed by atoms with Crippen LogP contribution in [0.4, 0.5) is 18.9 Å².